The Morgan fingerprint density at radius 2 is 1.57 bits per heavy atom. The summed E-state index contributed by atoms with van der Waals surface area (Å²) in [5.41, 5.74) is 1.52. The van der Waals surface area contributed by atoms with Crippen LogP contribution < -0.4 is 14.8 Å². The maximum Gasteiger partial charge on any atom is 0.253 e. The number of carbonyl (C=O) groups is 2. The highest BCUT2D eigenvalue weighted by molar-refractivity contribution is 5.94. The van der Waals surface area contributed by atoms with Gasteiger partial charge in [-0.05, 0) is 86.1 Å². The zero-order valence-electron chi connectivity index (χ0n) is 20.4. The minimum absolute atomic E-state index is 0.0587. The van der Waals surface area contributed by atoms with E-state index in [0.29, 0.717) is 31.0 Å². The number of likely N-dealkylation sites (N-methyl/N-ethyl adjacent to an activating group) is 1. The van der Waals surface area contributed by atoms with Crippen LogP contribution in [0.25, 0.3) is 0 Å². The number of amides is 2. The van der Waals surface area contributed by atoms with E-state index in [0.717, 1.165) is 48.3 Å². The Morgan fingerprint density at radius 3 is 2.23 bits per heavy atom. The van der Waals surface area contributed by atoms with Gasteiger partial charge in [-0.2, -0.15) is 0 Å². The number of rotatable bonds is 6. The molecule has 1 heterocycles. The SMILES string of the molecule is CN(CC1COc2ccccc2O1)C(=O)c1ccc(CNC(=O)C23CC4CC(CC(C4)C2)C3)cc1. The first kappa shape index (κ1) is 22.4. The van der Waals surface area contributed by atoms with E-state index < -0.39 is 0 Å². The van der Waals surface area contributed by atoms with Crippen LogP contribution in [0.4, 0.5) is 0 Å². The fourth-order valence-corrected chi connectivity index (χ4v) is 7.29. The summed E-state index contributed by atoms with van der Waals surface area (Å²) in [6.45, 7) is 1.37. The van der Waals surface area contributed by atoms with E-state index in [2.05, 4.69) is 5.32 Å². The van der Waals surface area contributed by atoms with Crippen LogP contribution in [0.3, 0.4) is 0 Å². The maximum absolute atomic E-state index is 13.2. The Bertz CT molecular complexity index is 1080. The molecular formula is C29H34N2O4. The smallest absolute Gasteiger partial charge is 0.253 e. The molecule has 0 saturated heterocycles. The van der Waals surface area contributed by atoms with Gasteiger partial charge in [0.15, 0.2) is 17.6 Å². The molecule has 1 N–H and O–H groups in total. The zero-order chi connectivity index (χ0) is 24.0. The molecule has 184 valence electrons. The Labute approximate surface area is 207 Å². The molecule has 2 aromatic carbocycles. The molecule has 6 heteroatoms. The summed E-state index contributed by atoms with van der Waals surface area (Å²) in [5, 5.41) is 3.23. The van der Waals surface area contributed by atoms with E-state index in [1.165, 1.54) is 19.3 Å². The normalized spacial score (nSPS) is 30.1. The molecule has 0 aromatic heterocycles. The summed E-state index contributed by atoms with van der Waals surface area (Å²) < 4.78 is 11.8. The third kappa shape index (κ3) is 4.39. The van der Waals surface area contributed by atoms with Crippen molar-refractivity contribution in [3.63, 3.8) is 0 Å². The molecule has 4 bridgehead atoms. The van der Waals surface area contributed by atoms with Gasteiger partial charge in [-0.15, -0.1) is 0 Å². The number of carbonyl (C=O) groups excluding carboxylic acids is 2. The van der Waals surface area contributed by atoms with Gasteiger partial charge in [-0.3, -0.25) is 9.59 Å². The first-order valence-corrected chi connectivity index (χ1v) is 13.0. The topological polar surface area (TPSA) is 67.9 Å². The van der Waals surface area contributed by atoms with Crippen LogP contribution in [0, 0.1) is 23.2 Å². The van der Waals surface area contributed by atoms with Crippen molar-refractivity contribution in [3.05, 3.63) is 59.7 Å². The van der Waals surface area contributed by atoms with Gasteiger partial charge in [-0.1, -0.05) is 24.3 Å². The number of nitrogens with one attached hydrogen (secondary N) is 1. The molecule has 4 aliphatic carbocycles. The molecule has 4 fully saturated rings. The lowest BCUT2D eigenvalue weighted by Gasteiger charge is -2.55. The molecule has 0 radical (unpaired) electrons. The van der Waals surface area contributed by atoms with Crippen molar-refractivity contribution in [1.29, 1.82) is 0 Å². The molecule has 5 aliphatic rings. The van der Waals surface area contributed by atoms with Gasteiger partial charge in [0.05, 0.1) is 6.54 Å². The predicted molar refractivity (Wildman–Crippen MR) is 132 cm³/mol. The second-order valence-corrected chi connectivity index (χ2v) is 11.3. The maximum atomic E-state index is 13.2. The Kier molecular flexibility index (Phi) is 5.70. The van der Waals surface area contributed by atoms with Gasteiger partial charge < -0.3 is 19.7 Å². The van der Waals surface area contributed by atoms with Crippen LogP contribution in [0.15, 0.2) is 48.5 Å². The third-order valence-electron chi connectivity index (χ3n) is 8.57. The highest BCUT2D eigenvalue weighted by Crippen LogP contribution is 2.60. The molecule has 2 aromatic rings. The largest absolute Gasteiger partial charge is 0.486 e. The molecule has 7 rings (SSSR count). The number of ether oxygens (including phenoxy) is 2. The number of para-hydroxylation sites is 2. The van der Waals surface area contributed by atoms with Crippen molar-refractivity contribution in [1.82, 2.24) is 10.2 Å². The lowest BCUT2D eigenvalue weighted by Crippen LogP contribution is -2.53. The lowest BCUT2D eigenvalue weighted by atomic mass is 9.49. The van der Waals surface area contributed by atoms with Crippen molar-refractivity contribution >= 4 is 11.8 Å². The van der Waals surface area contributed by atoms with Crippen molar-refractivity contribution < 1.29 is 19.1 Å². The van der Waals surface area contributed by atoms with Crippen LogP contribution in [-0.4, -0.2) is 43.0 Å². The molecule has 0 spiro atoms. The van der Waals surface area contributed by atoms with Crippen molar-refractivity contribution in [2.24, 2.45) is 23.2 Å². The molecule has 2 amide bonds. The summed E-state index contributed by atoms with van der Waals surface area (Å²) in [6, 6.07) is 15.2. The van der Waals surface area contributed by atoms with Crippen LogP contribution in [-0.2, 0) is 11.3 Å². The second-order valence-electron chi connectivity index (χ2n) is 11.3. The third-order valence-corrected chi connectivity index (χ3v) is 8.57. The fourth-order valence-electron chi connectivity index (χ4n) is 7.29. The van der Waals surface area contributed by atoms with Crippen LogP contribution in [0.2, 0.25) is 0 Å². The standard InChI is InChI=1S/C29H34N2O4/c1-31(17-24-18-34-25-4-2-3-5-26(25)35-24)27(32)23-8-6-19(7-9-23)16-30-28(33)29-13-20-10-21(14-29)12-22(11-20)15-29/h2-9,20-22,24H,10-18H2,1H3,(H,30,33). The van der Waals surface area contributed by atoms with Gasteiger partial charge in [0.1, 0.15) is 6.61 Å². The van der Waals surface area contributed by atoms with Crippen LogP contribution in [0.5, 0.6) is 11.5 Å². The van der Waals surface area contributed by atoms with Crippen LogP contribution in [0.1, 0.15) is 54.4 Å². The summed E-state index contributed by atoms with van der Waals surface area (Å²) >= 11 is 0. The number of fused-ring (bicyclic) bond motifs is 1. The number of benzene rings is 2. The van der Waals surface area contributed by atoms with Gasteiger partial charge in [0.25, 0.3) is 5.91 Å². The van der Waals surface area contributed by atoms with E-state index in [-0.39, 0.29) is 23.3 Å². The van der Waals surface area contributed by atoms with Crippen LogP contribution >= 0.6 is 0 Å². The second kappa shape index (κ2) is 8.89. The summed E-state index contributed by atoms with van der Waals surface area (Å²) in [7, 11) is 1.78. The molecule has 1 aliphatic heterocycles. The van der Waals surface area contributed by atoms with E-state index in [1.54, 1.807) is 11.9 Å². The first-order chi connectivity index (χ1) is 17.0. The monoisotopic (exact) mass is 474 g/mol. The number of nitrogens with zero attached hydrogens (tertiary/aromatic N) is 1. The number of hydrogen-bond donors (Lipinski definition) is 1. The molecule has 4 saturated carbocycles. The summed E-state index contributed by atoms with van der Waals surface area (Å²) in [5.74, 6) is 3.91. The quantitative estimate of drug-likeness (QED) is 0.673. The van der Waals surface area contributed by atoms with E-state index in [4.69, 9.17) is 9.47 Å². The van der Waals surface area contributed by atoms with Gasteiger partial charge in [0, 0.05) is 24.6 Å². The average molecular weight is 475 g/mol. The predicted octanol–water partition coefficient (Wildman–Crippen LogP) is 4.43. The molecular weight excluding hydrogens is 440 g/mol. The van der Waals surface area contributed by atoms with Gasteiger partial charge >= 0.3 is 0 Å². The molecule has 1 atom stereocenters. The van der Waals surface area contributed by atoms with Crippen molar-refractivity contribution in [3.8, 4) is 11.5 Å². The van der Waals surface area contributed by atoms with Gasteiger partial charge in [-0.25, -0.2) is 0 Å². The Balaban J connectivity index is 1.02. The van der Waals surface area contributed by atoms with Crippen molar-refractivity contribution in [2.45, 2.75) is 51.2 Å². The summed E-state index contributed by atoms with van der Waals surface area (Å²) in [6.07, 6.45) is 7.03. The summed E-state index contributed by atoms with van der Waals surface area (Å²) in [4.78, 5) is 27.8. The highest BCUT2D eigenvalue weighted by Gasteiger charge is 2.54. The Hall–Kier alpha value is -3.02. The fraction of sp³-hybridized carbons (Fsp3) is 0.517. The number of hydrogen-bond acceptors (Lipinski definition) is 4. The van der Waals surface area contributed by atoms with E-state index >= 15 is 0 Å². The van der Waals surface area contributed by atoms with Crippen molar-refractivity contribution in [2.75, 3.05) is 20.2 Å². The average Bonchev–Trinajstić information content (AvgIpc) is 2.86. The Morgan fingerprint density at radius 1 is 0.943 bits per heavy atom. The molecule has 1 unspecified atom stereocenters. The minimum Gasteiger partial charge on any atom is -0.486 e. The van der Waals surface area contributed by atoms with E-state index in [1.807, 2.05) is 48.5 Å². The zero-order valence-corrected chi connectivity index (χ0v) is 20.4. The highest BCUT2D eigenvalue weighted by atomic mass is 16.6. The lowest BCUT2D eigenvalue weighted by molar-refractivity contribution is -0.146. The van der Waals surface area contributed by atoms with Gasteiger partial charge in [0.2, 0.25) is 5.91 Å². The van der Waals surface area contributed by atoms with E-state index in [9.17, 15) is 9.59 Å². The first-order valence-electron chi connectivity index (χ1n) is 13.0. The molecule has 35 heavy (non-hydrogen) atoms. The minimum atomic E-state index is -0.210. The molecule has 6 nitrogen and oxygen atoms in total.